The summed E-state index contributed by atoms with van der Waals surface area (Å²) in [6.07, 6.45) is 14.6. The molecule has 234 valence electrons. The molecule has 1 aliphatic heterocycles. The third-order valence-electron chi connectivity index (χ3n) is 8.63. The van der Waals surface area contributed by atoms with Crippen molar-refractivity contribution in [3.05, 3.63) is 138 Å². The van der Waals surface area contributed by atoms with Crippen molar-refractivity contribution in [3.63, 3.8) is 0 Å². The average Bonchev–Trinajstić information content (AvgIpc) is 3.53. The fraction of sp³-hybridized carbons (Fsp3) is 0.275. The van der Waals surface area contributed by atoms with E-state index in [0.717, 1.165) is 23.3 Å². The fourth-order valence-electron chi connectivity index (χ4n) is 6.29. The van der Waals surface area contributed by atoms with Gasteiger partial charge in [0.1, 0.15) is 5.75 Å². The van der Waals surface area contributed by atoms with Gasteiger partial charge in [0.15, 0.2) is 0 Å². The van der Waals surface area contributed by atoms with E-state index in [-0.39, 0.29) is 5.97 Å². The van der Waals surface area contributed by atoms with Crippen molar-refractivity contribution in [2.75, 3.05) is 6.16 Å². The quantitative estimate of drug-likeness (QED) is 0.0373. The molecule has 0 amide bonds. The number of rotatable bonds is 17. The molecular weight excluding hydrogens is 608 g/mol. The second kappa shape index (κ2) is 17.6. The van der Waals surface area contributed by atoms with Crippen LogP contribution in [0.2, 0.25) is 0 Å². The van der Waals surface area contributed by atoms with Crippen molar-refractivity contribution in [2.45, 2.75) is 64.2 Å². The SMILES string of the molecule is C=C1C=C(c2ccc(OC(=O)CCCCCCCCCCC[PH](c3ccccc3)(c3ccccc3)c3ccccc3)cc2)SS1. The number of allylic oxidation sites excluding steroid dienone is 1. The van der Waals surface area contributed by atoms with Crippen molar-refractivity contribution >= 4 is 55.6 Å². The molecule has 0 saturated heterocycles. The van der Waals surface area contributed by atoms with E-state index in [4.69, 9.17) is 4.74 Å². The maximum absolute atomic E-state index is 12.3. The van der Waals surface area contributed by atoms with Gasteiger partial charge in [0.05, 0.1) is 0 Å². The molecule has 0 fully saturated rings. The van der Waals surface area contributed by atoms with E-state index in [9.17, 15) is 4.79 Å². The van der Waals surface area contributed by atoms with Crippen molar-refractivity contribution in [1.29, 1.82) is 0 Å². The molecule has 0 spiro atoms. The first kappa shape index (κ1) is 33.3. The summed E-state index contributed by atoms with van der Waals surface area (Å²) in [6, 6.07) is 41.5. The van der Waals surface area contributed by atoms with Gasteiger partial charge in [-0.2, -0.15) is 0 Å². The zero-order valence-corrected chi connectivity index (χ0v) is 28.8. The molecule has 5 heteroatoms. The summed E-state index contributed by atoms with van der Waals surface area (Å²) in [6.45, 7) is 3.98. The van der Waals surface area contributed by atoms with Gasteiger partial charge in [-0.3, -0.25) is 4.79 Å². The molecule has 0 aromatic heterocycles. The number of carbonyl (C=O) groups excluding carboxylic acids is 1. The van der Waals surface area contributed by atoms with Crippen molar-refractivity contribution < 1.29 is 9.53 Å². The molecule has 0 N–H and O–H groups in total. The van der Waals surface area contributed by atoms with Gasteiger partial charge in [-0.1, -0.05) is 40.3 Å². The first-order valence-electron chi connectivity index (χ1n) is 16.4. The monoisotopic (exact) mass is 652 g/mol. The Morgan fingerprint density at radius 3 is 1.51 bits per heavy atom. The largest absolute Gasteiger partial charge is 0.0531 e. The number of ether oxygens (including phenoxy) is 1. The molecule has 2 nitrogen and oxygen atoms in total. The van der Waals surface area contributed by atoms with Crippen LogP contribution in [0, 0.1) is 0 Å². The minimum Gasteiger partial charge on any atom is -0.0531 e. The Labute approximate surface area is 278 Å². The Bertz CT molecular complexity index is 1420. The van der Waals surface area contributed by atoms with Crippen LogP contribution >= 0.6 is 28.9 Å². The molecule has 0 unspecified atom stereocenters. The summed E-state index contributed by atoms with van der Waals surface area (Å²) in [4.78, 5) is 14.6. The van der Waals surface area contributed by atoms with Crippen LogP contribution in [0.3, 0.4) is 0 Å². The van der Waals surface area contributed by atoms with E-state index in [0.29, 0.717) is 12.2 Å². The topological polar surface area (TPSA) is 26.3 Å². The second-order valence-corrected chi connectivity index (χ2v) is 18.2. The Kier molecular flexibility index (Phi) is 13.0. The van der Waals surface area contributed by atoms with Crippen molar-refractivity contribution in [2.24, 2.45) is 0 Å². The number of hydrogen-bond acceptors (Lipinski definition) is 4. The number of carbonyl (C=O) groups is 1. The van der Waals surface area contributed by atoms with Crippen molar-refractivity contribution in [3.8, 4) is 5.75 Å². The van der Waals surface area contributed by atoms with Crippen LogP contribution in [-0.2, 0) is 4.79 Å². The molecule has 0 saturated carbocycles. The third-order valence-corrected chi connectivity index (χ3v) is 16.1. The molecule has 0 bridgehead atoms. The van der Waals surface area contributed by atoms with E-state index < -0.39 is 7.26 Å². The Morgan fingerprint density at radius 1 is 0.578 bits per heavy atom. The molecule has 45 heavy (non-hydrogen) atoms. The Hall–Kier alpha value is -3.04. The van der Waals surface area contributed by atoms with E-state index in [1.165, 1.54) is 71.9 Å². The predicted octanol–water partition coefficient (Wildman–Crippen LogP) is 10.5. The van der Waals surface area contributed by atoms with Crippen molar-refractivity contribution in [1.82, 2.24) is 0 Å². The van der Waals surface area contributed by atoms with Gasteiger partial charge in [-0.25, -0.2) is 0 Å². The molecule has 0 aliphatic carbocycles. The van der Waals surface area contributed by atoms with Gasteiger partial charge in [0, 0.05) is 9.81 Å². The van der Waals surface area contributed by atoms with E-state index in [1.54, 1.807) is 21.6 Å². The second-order valence-electron chi connectivity index (χ2n) is 11.8. The normalized spacial score (nSPS) is 13.4. The van der Waals surface area contributed by atoms with Crippen LogP contribution in [0.15, 0.2) is 133 Å². The maximum atomic E-state index is 12.3. The average molecular weight is 653 g/mol. The van der Waals surface area contributed by atoms with E-state index in [1.807, 2.05) is 24.3 Å². The molecule has 0 atom stereocenters. The van der Waals surface area contributed by atoms with E-state index in [2.05, 4.69) is 104 Å². The standard InChI is InChI=1S/C40H45O2PS2/c1-33-32-39(45-44-33)34-27-29-35(30-28-34)42-40(41)26-18-7-5-3-2-4-6-8-19-31-43(36-20-12-9-13-21-36,37-22-14-10-15-23-37)38-24-16-11-17-25-38/h9-17,20-25,27-30,32,43H,1-8,18-19,26,31H2. The van der Waals surface area contributed by atoms with E-state index >= 15 is 0 Å². The summed E-state index contributed by atoms with van der Waals surface area (Å²) < 4.78 is 5.56. The predicted molar refractivity (Wildman–Crippen MR) is 202 cm³/mol. The van der Waals surface area contributed by atoms with Gasteiger partial charge in [-0.15, -0.1) is 0 Å². The minimum atomic E-state index is -2.10. The third kappa shape index (κ3) is 9.49. The molecule has 4 aromatic rings. The summed E-state index contributed by atoms with van der Waals surface area (Å²) in [5.74, 6) is 0.484. The molecule has 1 aliphatic rings. The Morgan fingerprint density at radius 2 is 1.04 bits per heavy atom. The van der Waals surface area contributed by atoms with Gasteiger partial charge in [-0.05, 0) is 23.8 Å². The molecule has 4 aromatic carbocycles. The first-order valence-corrected chi connectivity index (χ1v) is 20.7. The fourth-order valence-corrected chi connectivity index (χ4v) is 13.3. The maximum Gasteiger partial charge on any atom is -0.0185 e. The minimum absolute atomic E-state index is 0.137. The van der Waals surface area contributed by atoms with Gasteiger partial charge < -0.3 is 4.74 Å². The van der Waals surface area contributed by atoms with Crippen LogP contribution in [0.25, 0.3) is 4.91 Å². The molecular formula is C40H45O2PS2. The number of hydrogen-bond donors (Lipinski definition) is 0. The van der Waals surface area contributed by atoms with Gasteiger partial charge in [0.25, 0.3) is 0 Å². The van der Waals surface area contributed by atoms with Crippen LogP contribution in [-0.4, -0.2) is 12.1 Å². The van der Waals surface area contributed by atoms with Crippen LogP contribution in [0.1, 0.15) is 69.8 Å². The number of esters is 1. The molecule has 0 radical (unpaired) electrons. The van der Waals surface area contributed by atoms with Crippen LogP contribution in [0.4, 0.5) is 0 Å². The zero-order chi connectivity index (χ0) is 31.2. The smallest absolute Gasteiger partial charge is 0.0185 e. The van der Waals surface area contributed by atoms with Crippen LogP contribution < -0.4 is 20.7 Å². The number of unbranched alkanes of at least 4 members (excludes halogenated alkanes) is 8. The van der Waals surface area contributed by atoms with Gasteiger partial charge in [0.2, 0.25) is 0 Å². The Balaban J connectivity index is 0.992. The first-order chi connectivity index (χ1) is 22.1. The molecule has 5 rings (SSSR count). The summed E-state index contributed by atoms with van der Waals surface area (Å²) in [5.41, 5.74) is 1.13. The molecule has 1 heterocycles. The van der Waals surface area contributed by atoms with Gasteiger partial charge >= 0.3 is 191 Å². The van der Waals surface area contributed by atoms with Crippen LogP contribution in [0.5, 0.6) is 5.75 Å². The summed E-state index contributed by atoms with van der Waals surface area (Å²) >= 11 is 0. The zero-order valence-electron chi connectivity index (χ0n) is 26.2. The summed E-state index contributed by atoms with van der Waals surface area (Å²) in [5, 5.41) is 4.52. The number of benzene rings is 4. The summed E-state index contributed by atoms with van der Waals surface area (Å²) in [7, 11) is 1.29.